The van der Waals surface area contributed by atoms with Crippen molar-refractivity contribution in [3.63, 3.8) is 0 Å². The first kappa shape index (κ1) is 24.4. The van der Waals surface area contributed by atoms with Gasteiger partial charge in [-0.15, -0.1) is 0 Å². The second kappa shape index (κ2) is 9.65. The van der Waals surface area contributed by atoms with E-state index in [2.05, 4.69) is 63.7 Å². The highest BCUT2D eigenvalue weighted by molar-refractivity contribution is 5.96. The van der Waals surface area contributed by atoms with E-state index < -0.39 is 0 Å². The summed E-state index contributed by atoms with van der Waals surface area (Å²) in [5.74, 6) is -0.173. The first-order chi connectivity index (χ1) is 17.7. The zero-order chi connectivity index (χ0) is 26.3. The largest absolute Gasteiger partial charge is 0.321 e. The number of aryl methyl sites for hydroxylation is 5. The highest BCUT2D eigenvalue weighted by Crippen LogP contribution is 2.30. The zero-order valence-corrected chi connectivity index (χ0v) is 22.2. The summed E-state index contributed by atoms with van der Waals surface area (Å²) < 4.78 is 5.51. The number of carbonyl (C=O) groups excluding carboxylic acids is 1. The molecule has 4 heterocycles. The summed E-state index contributed by atoms with van der Waals surface area (Å²) in [5, 5.41) is 17.9. The molecule has 0 saturated heterocycles. The predicted octanol–water partition coefficient (Wildman–Crippen LogP) is 4.74. The van der Waals surface area contributed by atoms with Crippen LogP contribution in [0.5, 0.6) is 0 Å². The van der Waals surface area contributed by atoms with Crippen molar-refractivity contribution in [3.8, 4) is 11.1 Å². The van der Waals surface area contributed by atoms with Crippen molar-refractivity contribution in [1.29, 1.82) is 0 Å². The molecule has 0 bridgehead atoms. The maximum atomic E-state index is 13.1. The minimum absolute atomic E-state index is 0.0567. The summed E-state index contributed by atoms with van der Waals surface area (Å²) >= 11 is 0. The average molecular weight is 497 g/mol. The second-order valence-corrected chi connectivity index (χ2v) is 9.51. The van der Waals surface area contributed by atoms with E-state index in [9.17, 15) is 4.79 Å². The van der Waals surface area contributed by atoms with Gasteiger partial charge in [0.2, 0.25) is 5.91 Å². The van der Waals surface area contributed by atoms with Crippen LogP contribution in [0.4, 0.5) is 5.69 Å². The van der Waals surface area contributed by atoms with E-state index in [-0.39, 0.29) is 12.5 Å². The molecule has 1 aromatic carbocycles. The molecule has 1 amide bonds. The molecule has 0 spiro atoms. The molecule has 9 nitrogen and oxygen atoms in total. The summed E-state index contributed by atoms with van der Waals surface area (Å²) in [6, 6.07) is 10.4. The lowest BCUT2D eigenvalue weighted by Crippen LogP contribution is -2.20. The standard InChI is InChI=1S/C28H32N8O/c1-7-34-14-23(18(3)31-34)15-35-21(6)27(20(5)33-35)30-25(37)16-36-28-26(19(4)32-36)24(12-13-29-28)22-10-8-17(2)9-11-22/h8-14H,7,15-16H2,1-6H3,(H,30,37). The molecule has 0 radical (unpaired) electrons. The number of carbonyl (C=O) groups is 1. The Morgan fingerprint density at radius 1 is 0.892 bits per heavy atom. The van der Waals surface area contributed by atoms with Gasteiger partial charge < -0.3 is 5.32 Å². The Bertz CT molecular complexity index is 1600. The van der Waals surface area contributed by atoms with Gasteiger partial charge in [-0.3, -0.25) is 14.2 Å². The van der Waals surface area contributed by atoms with Crippen LogP contribution in [-0.2, 0) is 24.4 Å². The average Bonchev–Trinajstić information content (AvgIpc) is 3.48. The van der Waals surface area contributed by atoms with Crippen molar-refractivity contribution < 1.29 is 4.79 Å². The topological polar surface area (TPSA) is 95.5 Å². The lowest BCUT2D eigenvalue weighted by molar-refractivity contribution is -0.116. The summed E-state index contributed by atoms with van der Waals surface area (Å²) in [6.45, 7) is 13.5. The molecule has 0 saturated carbocycles. The monoisotopic (exact) mass is 496 g/mol. The van der Waals surface area contributed by atoms with Gasteiger partial charge in [-0.1, -0.05) is 29.8 Å². The van der Waals surface area contributed by atoms with Crippen molar-refractivity contribution in [1.82, 2.24) is 34.3 Å². The Hall–Kier alpha value is -4.27. The van der Waals surface area contributed by atoms with Crippen LogP contribution >= 0.6 is 0 Å². The number of anilines is 1. The van der Waals surface area contributed by atoms with Gasteiger partial charge in [0, 0.05) is 29.9 Å². The minimum atomic E-state index is -0.173. The van der Waals surface area contributed by atoms with E-state index in [1.54, 1.807) is 10.9 Å². The molecule has 5 rings (SSSR count). The van der Waals surface area contributed by atoms with Crippen LogP contribution in [0, 0.1) is 34.6 Å². The molecular formula is C28H32N8O. The highest BCUT2D eigenvalue weighted by atomic mass is 16.2. The van der Waals surface area contributed by atoms with E-state index in [4.69, 9.17) is 0 Å². The fraction of sp³-hybridized carbons (Fsp3) is 0.321. The first-order valence-corrected chi connectivity index (χ1v) is 12.5. The maximum absolute atomic E-state index is 13.1. The molecule has 4 aromatic heterocycles. The third-order valence-corrected chi connectivity index (χ3v) is 6.80. The van der Waals surface area contributed by atoms with E-state index in [0.717, 1.165) is 57.1 Å². The van der Waals surface area contributed by atoms with Gasteiger partial charge in [0.1, 0.15) is 6.54 Å². The third kappa shape index (κ3) is 4.64. The summed E-state index contributed by atoms with van der Waals surface area (Å²) in [4.78, 5) is 17.7. The lowest BCUT2D eigenvalue weighted by atomic mass is 10.0. The summed E-state index contributed by atoms with van der Waals surface area (Å²) in [6.07, 6.45) is 3.82. The van der Waals surface area contributed by atoms with Crippen LogP contribution in [0.2, 0.25) is 0 Å². The lowest BCUT2D eigenvalue weighted by Gasteiger charge is -2.08. The van der Waals surface area contributed by atoms with Gasteiger partial charge in [0.15, 0.2) is 5.65 Å². The van der Waals surface area contributed by atoms with Crippen LogP contribution in [0.3, 0.4) is 0 Å². The van der Waals surface area contributed by atoms with Gasteiger partial charge >= 0.3 is 0 Å². The van der Waals surface area contributed by atoms with Gasteiger partial charge in [-0.25, -0.2) is 9.67 Å². The van der Waals surface area contributed by atoms with E-state index >= 15 is 0 Å². The number of pyridine rings is 1. The molecule has 0 aliphatic carbocycles. The molecule has 1 N–H and O–H groups in total. The van der Waals surface area contributed by atoms with Crippen LogP contribution in [0.25, 0.3) is 22.2 Å². The van der Waals surface area contributed by atoms with Gasteiger partial charge in [0.05, 0.1) is 35.0 Å². The summed E-state index contributed by atoms with van der Waals surface area (Å²) in [5.41, 5.74) is 9.40. The molecule has 190 valence electrons. The number of nitrogens with one attached hydrogen (secondary N) is 1. The smallest absolute Gasteiger partial charge is 0.246 e. The normalized spacial score (nSPS) is 11.4. The number of aromatic nitrogens is 7. The number of rotatable bonds is 7. The molecule has 0 aliphatic heterocycles. The maximum Gasteiger partial charge on any atom is 0.246 e. The molecule has 5 aromatic rings. The van der Waals surface area contributed by atoms with E-state index in [1.807, 2.05) is 49.3 Å². The first-order valence-electron chi connectivity index (χ1n) is 12.5. The Kier molecular flexibility index (Phi) is 6.37. The van der Waals surface area contributed by atoms with Gasteiger partial charge in [-0.2, -0.15) is 15.3 Å². The quantitative estimate of drug-likeness (QED) is 0.351. The molecule has 0 aliphatic rings. The Labute approximate surface area is 216 Å². The van der Waals surface area contributed by atoms with Crippen LogP contribution < -0.4 is 5.32 Å². The number of fused-ring (bicyclic) bond motifs is 1. The third-order valence-electron chi connectivity index (χ3n) is 6.80. The van der Waals surface area contributed by atoms with Crippen LogP contribution in [-0.4, -0.2) is 40.2 Å². The molecule has 0 unspecified atom stereocenters. The van der Waals surface area contributed by atoms with Crippen molar-refractivity contribution >= 4 is 22.6 Å². The number of amides is 1. The fourth-order valence-corrected chi connectivity index (χ4v) is 4.75. The summed E-state index contributed by atoms with van der Waals surface area (Å²) in [7, 11) is 0. The van der Waals surface area contributed by atoms with Gasteiger partial charge in [0.25, 0.3) is 0 Å². The van der Waals surface area contributed by atoms with Crippen molar-refractivity contribution in [2.24, 2.45) is 0 Å². The van der Waals surface area contributed by atoms with Crippen LogP contribution in [0.15, 0.2) is 42.7 Å². The predicted molar refractivity (Wildman–Crippen MR) is 145 cm³/mol. The second-order valence-electron chi connectivity index (χ2n) is 9.51. The molecule has 0 atom stereocenters. The van der Waals surface area contributed by atoms with E-state index in [1.165, 1.54) is 5.56 Å². The number of hydrogen-bond acceptors (Lipinski definition) is 5. The number of hydrogen-bond donors (Lipinski definition) is 1. The zero-order valence-electron chi connectivity index (χ0n) is 22.2. The molecular weight excluding hydrogens is 464 g/mol. The van der Waals surface area contributed by atoms with Crippen molar-refractivity contribution in [2.45, 2.75) is 61.2 Å². The molecule has 0 fully saturated rings. The SMILES string of the molecule is CCn1cc(Cn2nc(C)c(NC(=O)Cn3nc(C)c4c(-c5ccc(C)cc5)ccnc43)c2C)c(C)n1. The van der Waals surface area contributed by atoms with Crippen molar-refractivity contribution in [2.75, 3.05) is 5.32 Å². The Balaban J connectivity index is 1.38. The van der Waals surface area contributed by atoms with Crippen molar-refractivity contribution in [3.05, 3.63) is 76.6 Å². The number of benzene rings is 1. The van der Waals surface area contributed by atoms with E-state index in [0.29, 0.717) is 12.2 Å². The minimum Gasteiger partial charge on any atom is -0.321 e. The van der Waals surface area contributed by atoms with Crippen LogP contribution in [0.1, 0.15) is 40.8 Å². The Morgan fingerprint density at radius 2 is 1.62 bits per heavy atom. The fourth-order valence-electron chi connectivity index (χ4n) is 4.75. The molecule has 37 heavy (non-hydrogen) atoms. The number of nitrogens with zero attached hydrogens (tertiary/aromatic N) is 7. The molecule has 9 heteroatoms. The Morgan fingerprint density at radius 3 is 2.32 bits per heavy atom. The highest BCUT2D eigenvalue weighted by Gasteiger charge is 2.19. The van der Waals surface area contributed by atoms with Gasteiger partial charge in [-0.05, 0) is 58.7 Å².